The topological polar surface area (TPSA) is 123 Å². The Bertz CT molecular complexity index is 1130. The van der Waals surface area contributed by atoms with Crippen molar-refractivity contribution in [2.75, 3.05) is 14.2 Å². The number of esters is 1. The van der Waals surface area contributed by atoms with Gasteiger partial charge in [-0.05, 0) is 23.8 Å². The third-order valence-corrected chi connectivity index (χ3v) is 4.18. The zero-order valence-corrected chi connectivity index (χ0v) is 17.3. The number of hydrogen-bond donors (Lipinski definition) is 0. The van der Waals surface area contributed by atoms with Crippen LogP contribution in [0.2, 0.25) is 0 Å². The van der Waals surface area contributed by atoms with Crippen molar-refractivity contribution in [2.45, 2.75) is 6.61 Å². The van der Waals surface area contributed by atoms with Crippen molar-refractivity contribution in [3.8, 4) is 17.5 Å². The minimum absolute atomic E-state index is 0.000941. The molecule has 0 saturated heterocycles. The maximum absolute atomic E-state index is 12.1. The molecule has 0 fully saturated rings. The van der Waals surface area contributed by atoms with Crippen LogP contribution in [0.4, 0.5) is 5.69 Å². The molecule has 3 rings (SSSR count). The highest BCUT2D eigenvalue weighted by Gasteiger charge is 2.18. The molecule has 0 spiro atoms. The number of aromatic nitrogens is 2. The van der Waals surface area contributed by atoms with E-state index in [2.05, 4.69) is 9.97 Å². The zero-order chi connectivity index (χ0) is 22.9. The Morgan fingerprint density at radius 2 is 1.78 bits per heavy atom. The Labute approximate surface area is 183 Å². The summed E-state index contributed by atoms with van der Waals surface area (Å²) in [5.74, 6) is 0.193. The largest absolute Gasteiger partial charge is 0.503 e. The molecule has 1 heterocycles. The second kappa shape index (κ2) is 10.5. The predicted molar refractivity (Wildman–Crippen MR) is 113 cm³/mol. The Balaban J connectivity index is 1.76. The fourth-order valence-electron chi connectivity index (χ4n) is 2.67. The van der Waals surface area contributed by atoms with Gasteiger partial charge in [-0.3, -0.25) is 10.1 Å². The van der Waals surface area contributed by atoms with Crippen LogP contribution < -0.4 is 9.47 Å². The van der Waals surface area contributed by atoms with E-state index in [1.807, 2.05) is 0 Å². The molecule has 10 heteroatoms. The molecule has 0 unspecified atom stereocenters. The van der Waals surface area contributed by atoms with E-state index in [4.69, 9.17) is 18.9 Å². The maximum Gasteiger partial charge on any atom is 0.341 e. The number of nitro groups is 1. The normalized spacial score (nSPS) is 10.9. The first-order chi connectivity index (χ1) is 15.5. The number of carbonyl (C=O) groups excluding carboxylic acids is 1. The van der Waals surface area contributed by atoms with Crippen LogP contribution in [0.15, 0.2) is 67.2 Å². The van der Waals surface area contributed by atoms with Gasteiger partial charge in [0, 0.05) is 17.7 Å². The first kappa shape index (κ1) is 22.2. The molecular formula is C22H19N3O7. The van der Waals surface area contributed by atoms with E-state index >= 15 is 0 Å². The smallest absolute Gasteiger partial charge is 0.341 e. The molecule has 1 aromatic heterocycles. The Morgan fingerprint density at radius 1 is 1.06 bits per heavy atom. The van der Waals surface area contributed by atoms with Crippen molar-refractivity contribution in [3.05, 3.63) is 88.4 Å². The number of non-ortho nitro benzene ring substituents is 1. The third-order valence-electron chi connectivity index (χ3n) is 4.18. The number of nitrogens with zero attached hydrogens (tertiary/aromatic N) is 3. The van der Waals surface area contributed by atoms with Gasteiger partial charge < -0.3 is 18.9 Å². The lowest BCUT2D eigenvalue weighted by Crippen LogP contribution is -2.06. The summed E-state index contributed by atoms with van der Waals surface area (Å²) in [6, 6.07) is 14.3. The molecular weight excluding hydrogens is 418 g/mol. The molecule has 0 N–H and O–H groups in total. The lowest BCUT2D eigenvalue weighted by Gasteiger charge is -2.12. The fraction of sp³-hybridized carbons (Fsp3) is 0.136. The molecule has 32 heavy (non-hydrogen) atoms. The molecule has 0 atom stereocenters. The van der Waals surface area contributed by atoms with Crippen molar-refractivity contribution in [1.29, 1.82) is 0 Å². The average Bonchev–Trinajstić information content (AvgIpc) is 2.82. The van der Waals surface area contributed by atoms with Crippen LogP contribution in [0.25, 0.3) is 5.57 Å². The van der Waals surface area contributed by atoms with Gasteiger partial charge in [0.25, 0.3) is 5.69 Å². The molecule has 10 nitrogen and oxygen atoms in total. The van der Waals surface area contributed by atoms with E-state index in [1.165, 1.54) is 45.0 Å². The number of para-hydroxylation sites is 1. The van der Waals surface area contributed by atoms with Crippen molar-refractivity contribution in [3.63, 3.8) is 0 Å². The highest BCUT2D eigenvalue weighted by molar-refractivity contribution is 6.17. The Hall–Kier alpha value is -4.47. The van der Waals surface area contributed by atoms with E-state index in [9.17, 15) is 14.9 Å². The van der Waals surface area contributed by atoms with Crippen LogP contribution in [-0.4, -0.2) is 35.1 Å². The van der Waals surface area contributed by atoms with Gasteiger partial charge in [0.2, 0.25) is 11.8 Å². The third kappa shape index (κ3) is 5.57. The van der Waals surface area contributed by atoms with Gasteiger partial charge in [0.1, 0.15) is 24.3 Å². The minimum atomic E-state index is -0.585. The summed E-state index contributed by atoms with van der Waals surface area (Å²) in [6.07, 6.45) is 2.54. The van der Waals surface area contributed by atoms with Gasteiger partial charge in [-0.15, -0.1) is 0 Å². The maximum atomic E-state index is 12.1. The van der Waals surface area contributed by atoms with Crippen LogP contribution in [0, 0.1) is 10.1 Å². The highest BCUT2D eigenvalue weighted by atomic mass is 16.6. The standard InChI is InChI=1S/C22H19N3O7/c1-29-13-18(22(26)30-2)17-5-3-4-6-19(17)32-21-11-20(23-14-24-21)31-12-15-7-9-16(10-8-15)25(27)28/h3-11,13-14H,12H2,1-2H3. The van der Waals surface area contributed by atoms with Crippen molar-refractivity contribution >= 4 is 17.2 Å². The van der Waals surface area contributed by atoms with E-state index in [0.29, 0.717) is 11.3 Å². The number of nitro benzene ring substituents is 1. The van der Waals surface area contributed by atoms with E-state index in [0.717, 1.165) is 5.56 Å². The number of benzene rings is 2. The second-order valence-corrected chi connectivity index (χ2v) is 6.26. The Kier molecular flexibility index (Phi) is 7.31. The predicted octanol–water partition coefficient (Wildman–Crippen LogP) is 3.92. The molecule has 164 valence electrons. The van der Waals surface area contributed by atoms with E-state index in [1.54, 1.807) is 36.4 Å². The molecule has 0 aliphatic rings. The molecule has 0 aliphatic carbocycles. The Morgan fingerprint density at radius 3 is 2.47 bits per heavy atom. The molecule has 0 aliphatic heterocycles. The van der Waals surface area contributed by atoms with Gasteiger partial charge in [-0.25, -0.2) is 14.8 Å². The summed E-state index contributed by atoms with van der Waals surface area (Å²) >= 11 is 0. The van der Waals surface area contributed by atoms with Gasteiger partial charge >= 0.3 is 5.97 Å². The van der Waals surface area contributed by atoms with Crippen LogP contribution in [0.3, 0.4) is 0 Å². The lowest BCUT2D eigenvalue weighted by atomic mass is 10.1. The number of hydrogen-bond acceptors (Lipinski definition) is 9. The fourth-order valence-corrected chi connectivity index (χ4v) is 2.67. The summed E-state index contributed by atoms with van der Waals surface area (Å²) < 4.78 is 21.3. The lowest BCUT2D eigenvalue weighted by molar-refractivity contribution is -0.384. The first-order valence-electron chi connectivity index (χ1n) is 9.28. The van der Waals surface area contributed by atoms with Gasteiger partial charge in [0.15, 0.2) is 0 Å². The van der Waals surface area contributed by atoms with Crippen LogP contribution in [0.5, 0.6) is 17.5 Å². The minimum Gasteiger partial charge on any atom is -0.503 e. The number of methoxy groups -OCH3 is 2. The zero-order valence-electron chi connectivity index (χ0n) is 17.3. The van der Waals surface area contributed by atoms with Crippen molar-refractivity contribution < 1.29 is 28.7 Å². The van der Waals surface area contributed by atoms with Crippen LogP contribution in [-0.2, 0) is 20.9 Å². The quantitative estimate of drug-likeness (QED) is 0.161. The van der Waals surface area contributed by atoms with Crippen molar-refractivity contribution in [2.24, 2.45) is 0 Å². The molecule has 0 bridgehead atoms. The molecule has 2 aromatic carbocycles. The first-order valence-corrected chi connectivity index (χ1v) is 9.28. The van der Waals surface area contributed by atoms with Crippen LogP contribution in [0.1, 0.15) is 11.1 Å². The number of ether oxygens (including phenoxy) is 4. The van der Waals surface area contributed by atoms with E-state index < -0.39 is 10.9 Å². The van der Waals surface area contributed by atoms with Gasteiger partial charge in [0.05, 0.1) is 31.5 Å². The summed E-state index contributed by atoms with van der Waals surface area (Å²) in [4.78, 5) is 30.5. The molecule has 0 amide bonds. The summed E-state index contributed by atoms with van der Waals surface area (Å²) in [6.45, 7) is 0.147. The van der Waals surface area contributed by atoms with Crippen LogP contribution >= 0.6 is 0 Å². The summed E-state index contributed by atoms with van der Waals surface area (Å²) in [7, 11) is 2.69. The second-order valence-electron chi connectivity index (χ2n) is 6.26. The molecule has 0 radical (unpaired) electrons. The van der Waals surface area contributed by atoms with E-state index in [-0.39, 0.29) is 29.6 Å². The van der Waals surface area contributed by atoms with Crippen molar-refractivity contribution in [1.82, 2.24) is 9.97 Å². The van der Waals surface area contributed by atoms with Gasteiger partial charge in [-0.1, -0.05) is 18.2 Å². The van der Waals surface area contributed by atoms with Gasteiger partial charge in [-0.2, -0.15) is 0 Å². The SMILES string of the molecule is COC=C(C(=O)OC)c1ccccc1Oc1cc(OCc2ccc([N+](=O)[O-])cc2)ncn1. The summed E-state index contributed by atoms with van der Waals surface area (Å²) in [5.41, 5.74) is 1.36. The summed E-state index contributed by atoms with van der Waals surface area (Å²) in [5, 5.41) is 10.7. The monoisotopic (exact) mass is 437 g/mol. The number of rotatable bonds is 9. The molecule has 3 aromatic rings. The molecule has 0 saturated carbocycles. The highest BCUT2D eigenvalue weighted by Crippen LogP contribution is 2.31. The number of carbonyl (C=O) groups is 1. The average molecular weight is 437 g/mol.